The number of phenols is 1. The number of hydrogen-bond acceptors (Lipinski definition) is 1. The molecule has 0 amide bonds. The SMILES string of the molecule is Bc1ccc(O)c(Br)c1. The van der Waals surface area contributed by atoms with Crippen molar-refractivity contribution in [1.29, 1.82) is 0 Å². The molecule has 1 nitrogen and oxygen atoms in total. The Balaban J connectivity index is 3.17. The third kappa shape index (κ3) is 1.48. The number of hydrogen-bond donors (Lipinski definition) is 1. The van der Waals surface area contributed by atoms with Gasteiger partial charge in [-0.15, -0.1) is 0 Å². The van der Waals surface area contributed by atoms with Gasteiger partial charge in [0.1, 0.15) is 13.6 Å². The quantitative estimate of drug-likeness (QED) is 0.580. The van der Waals surface area contributed by atoms with E-state index in [0.717, 1.165) is 9.94 Å². The second-order valence-electron chi connectivity index (χ2n) is 1.95. The van der Waals surface area contributed by atoms with E-state index >= 15 is 0 Å². The fraction of sp³-hybridized carbons (Fsp3) is 0. The lowest BCUT2D eigenvalue weighted by molar-refractivity contribution is 0.472. The average Bonchev–Trinajstić information content (AvgIpc) is 1.80. The summed E-state index contributed by atoms with van der Waals surface area (Å²) in [6, 6.07) is 5.40. The molecule has 0 heterocycles. The number of halogens is 1. The molecule has 1 aromatic rings. The van der Waals surface area contributed by atoms with Gasteiger partial charge >= 0.3 is 0 Å². The summed E-state index contributed by atoms with van der Waals surface area (Å²) >= 11 is 3.20. The van der Waals surface area contributed by atoms with Crippen LogP contribution in [-0.2, 0) is 0 Å². The summed E-state index contributed by atoms with van der Waals surface area (Å²) in [4.78, 5) is 0. The molecule has 0 aliphatic heterocycles. The van der Waals surface area contributed by atoms with E-state index in [1.807, 2.05) is 20.0 Å². The molecule has 46 valence electrons. The first-order valence-corrected chi connectivity index (χ1v) is 3.44. The van der Waals surface area contributed by atoms with Crippen molar-refractivity contribution >= 4 is 29.2 Å². The van der Waals surface area contributed by atoms with Gasteiger partial charge < -0.3 is 5.11 Å². The molecule has 1 rings (SSSR count). The number of phenolic OH excluding ortho intramolecular Hbond substituents is 1. The van der Waals surface area contributed by atoms with Gasteiger partial charge in [-0.3, -0.25) is 0 Å². The summed E-state index contributed by atoms with van der Waals surface area (Å²) < 4.78 is 0.752. The van der Waals surface area contributed by atoms with Crippen molar-refractivity contribution in [3.63, 3.8) is 0 Å². The van der Waals surface area contributed by atoms with E-state index in [2.05, 4.69) is 15.9 Å². The topological polar surface area (TPSA) is 20.2 Å². The van der Waals surface area contributed by atoms with E-state index in [4.69, 9.17) is 5.11 Å². The molecule has 1 N–H and O–H groups in total. The molecule has 1 aromatic carbocycles. The molecular weight excluding hydrogens is 179 g/mol. The van der Waals surface area contributed by atoms with Gasteiger partial charge in [-0.2, -0.15) is 0 Å². The molecule has 0 atom stereocenters. The molecule has 0 saturated heterocycles. The maximum atomic E-state index is 9.00. The van der Waals surface area contributed by atoms with E-state index < -0.39 is 0 Å². The van der Waals surface area contributed by atoms with Crippen molar-refractivity contribution in [3.05, 3.63) is 22.7 Å². The lowest BCUT2D eigenvalue weighted by atomic mass is 9.97. The van der Waals surface area contributed by atoms with Gasteiger partial charge in [0.2, 0.25) is 0 Å². The minimum atomic E-state index is 0.292. The third-order valence-electron chi connectivity index (χ3n) is 1.10. The Kier molecular flexibility index (Phi) is 1.81. The van der Waals surface area contributed by atoms with Gasteiger partial charge in [0, 0.05) is 0 Å². The van der Waals surface area contributed by atoms with Crippen LogP contribution in [0.1, 0.15) is 0 Å². The van der Waals surface area contributed by atoms with Crippen LogP contribution < -0.4 is 5.46 Å². The van der Waals surface area contributed by atoms with Crippen molar-refractivity contribution in [2.75, 3.05) is 0 Å². The summed E-state index contributed by atoms with van der Waals surface area (Å²) in [7, 11) is 1.98. The van der Waals surface area contributed by atoms with Gasteiger partial charge in [0.25, 0.3) is 0 Å². The predicted octanol–water partition coefficient (Wildman–Crippen LogP) is 0.413. The van der Waals surface area contributed by atoms with E-state index in [0.29, 0.717) is 5.75 Å². The second kappa shape index (κ2) is 2.44. The molecule has 0 spiro atoms. The highest BCUT2D eigenvalue weighted by molar-refractivity contribution is 9.10. The first-order valence-electron chi connectivity index (χ1n) is 2.65. The summed E-state index contributed by atoms with van der Waals surface area (Å²) in [6.07, 6.45) is 0. The van der Waals surface area contributed by atoms with Crippen LogP contribution in [0.4, 0.5) is 0 Å². The number of benzene rings is 1. The van der Waals surface area contributed by atoms with Crippen molar-refractivity contribution in [2.45, 2.75) is 0 Å². The van der Waals surface area contributed by atoms with Gasteiger partial charge in [-0.25, -0.2) is 0 Å². The van der Waals surface area contributed by atoms with Crippen LogP contribution in [0, 0.1) is 0 Å². The van der Waals surface area contributed by atoms with Crippen LogP contribution in [0.2, 0.25) is 0 Å². The van der Waals surface area contributed by atoms with Crippen LogP contribution in [0.25, 0.3) is 0 Å². The highest BCUT2D eigenvalue weighted by atomic mass is 79.9. The van der Waals surface area contributed by atoms with Crippen LogP contribution in [-0.4, -0.2) is 13.0 Å². The monoisotopic (exact) mass is 184 g/mol. The molecule has 0 aliphatic rings. The molecule has 0 radical (unpaired) electrons. The normalized spacial score (nSPS) is 9.44. The number of rotatable bonds is 0. The molecular formula is C6H6BBrO. The van der Waals surface area contributed by atoms with E-state index in [-0.39, 0.29) is 0 Å². The Morgan fingerprint density at radius 1 is 1.44 bits per heavy atom. The van der Waals surface area contributed by atoms with E-state index in [1.165, 1.54) is 0 Å². The minimum absolute atomic E-state index is 0.292. The maximum Gasteiger partial charge on any atom is 0.139 e. The van der Waals surface area contributed by atoms with Crippen molar-refractivity contribution in [2.24, 2.45) is 0 Å². The molecule has 0 aromatic heterocycles. The zero-order valence-electron chi connectivity index (χ0n) is 5.06. The largest absolute Gasteiger partial charge is 0.507 e. The summed E-state index contributed by atoms with van der Waals surface area (Å²) in [5, 5.41) is 9.00. The molecule has 0 fully saturated rings. The molecule has 9 heavy (non-hydrogen) atoms. The van der Waals surface area contributed by atoms with Crippen LogP contribution in [0.15, 0.2) is 22.7 Å². The Morgan fingerprint density at radius 3 is 2.56 bits per heavy atom. The van der Waals surface area contributed by atoms with Gasteiger partial charge in [0.05, 0.1) is 4.47 Å². The Morgan fingerprint density at radius 2 is 2.11 bits per heavy atom. The molecule has 3 heteroatoms. The lowest BCUT2D eigenvalue weighted by Crippen LogP contribution is -1.99. The fourth-order valence-corrected chi connectivity index (χ4v) is 1.11. The standard InChI is InChI=1S/C6H6BBrO/c7-4-1-2-6(9)5(8)3-4/h1-3,9H,7H2. The first kappa shape index (κ1) is 6.68. The minimum Gasteiger partial charge on any atom is -0.507 e. The van der Waals surface area contributed by atoms with Gasteiger partial charge in [0.15, 0.2) is 0 Å². The smallest absolute Gasteiger partial charge is 0.139 e. The Labute approximate surface area is 63.2 Å². The molecule has 0 unspecified atom stereocenters. The lowest BCUT2D eigenvalue weighted by Gasteiger charge is -1.95. The van der Waals surface area contributed by atoms with Crippen LogP contribution in [0.3, 0.4) is 0 Å². The number of aromatic hydroxyl groups is 1. The average molecular weight is 185 g/mol. The van der Waals surface area contributed by atoms with Gasteiger partial charge in [-0.1, -0.05) is 17.6 Å². The fourth-order valence-electron chi connectivity index (χ4n) is 0.612. The van der Waals surface area contributed by atoms with Crippen LogP contribution >= 0.6 is 15.9 Å². The van der Waals surface area contributed by atoms with Crippen molar-refractivity contribution in [3.8, 4) is 5.75 Å². The molecule has 0 aliphatic carbocycles. The highest BCUT2D eigenvalue weighted by Gasteiger charge is 1.93. The van der Waals surface area contributed by atoms with Crippen molar-refractivity contribution in [1.82, 2.24) is 0 Å². The molecule has 0 bridgehead atoms. The van der Waals surface area contributed by atoms with Gasteiger partial charge in [-0.05, 0) is 22.0 Å². The molecule has 0 saturated carbocycles. The van der Waals surface area contributed by atoms with E-state index in [9.17, 15) is 0 Å². The van der Waals surface area contributed by atoms with Crippen LogP contribution in [0.5, 0.6) is 5.75 Å². The third-order valence-corrected chi connectivity index (χ3v) is 1.74. The first-order chi connectivity index (χ1) is 4.20. The predicted molar refractivity (Wildman–Crippen MR) is 44.0 cm³/mol. The Hall–Kier alpha value is -0.435. The summed E-state index contributed by atoms with van der Waals surface area (Å²) in [6.45, 7) is 0. The zero-order chi connectivity index (χ0) is 6.85. The highest BCUT2D eigenvalue weighted by Crippen LogP contribution is 2.20. The van der Waals surface area contributed by atoms with Crippen molar-refractivity contribution < 1.29 is 5.11 Å². The summed E-state index contributed by atoms with van der Waals surface area (Å²) in [5.41, 5.74) is 1.14. The van der Waals surface area contributed by atoms with E-state index in [1.54, 1.807) is 6.07 Å². The maximum absolute atomic E-state index is 9.00. The Bertz CT molecular complexity index is 224. The second-order valence-corrected chi connectivity index (χ2v) is 2.81. The zero-order valence-corrected chi connectivity index (χ0v) is 6.64. The summed E-state index contributed by atoms with van der Waals surface area (Å²) in [5.74, 6) is 0.292.